The quantitative estimate of drug-likeness (QED) is 0.752. The van der Waals surface area contributed by atoms with Crippen LogP contribution in [0.4, 0.5) is 19.0 Å². The Morgan fingerprint density at radius 1 is 1.43 bits per heavy atom. The average molecular weight is 324 g/mol. The van der Waals surface area contributed by atoms with Crippen molar-refractivity contribution in [3.8, 4) is 0 Å². The zero-order valence-electron chi connectivity index (χ0n) is 11.8. The van der Waals surface area contributed by atoms with E-state index in [1.54, 1.807) is 7.11 Å². The highest BCUT2D eigenvalue weighted by atomic mass is 35.5. The first-order valence-electron chi connectivity index (χ1n) is 6.70. The van der Waals surface area contributed by atoms with Crippen LogP contribution in [0.15, 0.2) is 6.07 Å². The second-order valence-corrected chi connectivity index (χ2v) is 5.48. The van der Waals surface area contributed by atoms with Crippen molar-refractivity contribution in [2.75, 3.05) is 25.2 Å². The molecular weight excluding hydrogens is 307 g/mol. The molecule has 21 heavy (non-hydrogen) atoms. The molecule has 2 rings (SSSR count). The molecule has 1 unspecified atom stereocenters. The first kappa shape index (κ1) is 16.3. The molecule has 4 nitrogen and oxygen atoms in total. The summed E-state index contributed by atoms with van der Waals surface area (Å²) in [5.74, 6) is 0.670. The maximum Gasteiger partial charge on any atom is 0.433 e. The van der Waals surface area contributed by atoms with Crippen molar-refractivity contribution in [3.63, 3.8) is 0 Å². The lowest BCUT2D eigenvalue weighted by Crippen LogP contribution is -2.38. The van der Waals surface area contributed by atoms with E-state index in [4.69, 9.17) is 16.3 Å². The number of halogens is 4. The van der Waals surface area contributed by atoms with Gasteiger partial charge in [0, 0.05) is 25.8 Å². The Kier molecular flexibility index (Phi) is 4.93. The lowest BCUT2D eigenvalue weighted by atomic mass is 10.2. The largest absolute Gasteiger partial charge is 0.433 e. The highest BCUT2D eigenvalue weighted by Crippen LogP contribution is 2.37. The van der Waals surface area contributed by atoms with Crippen LogP contribution in [0.25, 0.3) is 0 Å². The number of rotatable bonds is 6. The molecule has 0 amide bonds. The van der Waals surface area contributed by atoms with E-state index in [2.05, 4.69) is 9.97 Å². The van der Waals surface area contributed by atoms with Gasteiger partial charge in [-0.25, -0.2) is 9.97 Å². The number of aromatic nitrogens is 2. The molecule has 1 aromatic heterocycles. The van der Waals surface area contributed by atoms with Crippen LogP contribution in [-0.4, -0.2) is 36.3 Å². The SMILES string of the molecule is COCCN(c1cc(C(F)(F)F)nc(Cl)n1)C(C)C1CC1. The molecular formula is C13H17ClF3N3O. The van der Waals surface area contributed by atoms with E-state index in [1.165, 1.54) is 0 Å². The molecule has 1 saturated carbocycles. The molecule has 0 saturated heterocycles. The van der Waals surface area contributed by atoms with Crippen molar-refractivity contribution in [1.29, 1.82) is 0 Å². The molecule has 0 N–H and O–H groups in total. The molecule has 0 spiro atoms. The Morgan fingerprint density at radius 3 is 2.62 bits per heavy atom. The lowest BCUT2D eigenvalue weighted by Gasteiger charge is -2.30. The zero-order valence-corrected chi connectivity index (χ0v) is 12.6. The third-order valence-electron chi connectivity index (χ3n) is 3.60. The Bertz CT molecular complexity index is 494. The van der Waals surface area contributed by atoms with Gasteiger partial charge in [0.2, 0.25) is 5.28 Å². The van der Waals surface area contributed by atoms with E-state index in [9.17, 15) is 13.2 Å². The van der Waals surface area contributed by atoms with E-state index in [-0.39, 0.29) is 11.9 Å². The van der Waals surface area contributed by atoms with Crippen LogP contribution in [0.5, 0.6) is 0 Å². The van der Waals surface area contributed by atoms with Crippen LogP contribution >= 0.6 is 11.6 Å². The Hall–Kier alpha value is -1.08. The summed E-state index contributed by atoms with van der Waals surface area (Å²) in [6.07, 6.45) is -2.39. The monoisotopic (exact) mass is 323 g/mol. The fourth-order valence-electron chi connectivity index (χ4n) is 2.25. The van der Waals surface area contributed by atoms with Gasteiger partial charge in [-0.05, 0) is 37.3 Å². The summed E-state index contributed by atoms with van der Waals surface area (Å²) < 4.78 is 43.6. The summed E-state index contributed by atoms with van der Waals surface area (Å²) in [6.45, 7) is 2.84. The van der Waals surface area contributed by atoms with Gasteiger partial charge in [-0.3, -0.25) is 0 Å². The number of methoxy groups -OCH3 is 1. The molecule has 0 aliphatic heterocycles. The molecule has 118 valence electrons. The molecule has 0 aromatic carbocycles. The van der Waals surface area contributed by atoms with Crippen LogP contribution in [-0.2, 0) is 10.9 Å². The number of nitrogens with zero attached hydrogens (tertiary/aromatic N) is 3. The Morgan fingerprint density at radius 2 is 2.10 bits per heavy atom. The lowest BCUT2D eigenvalue weighted by molar-refractivity contribution is -0.141. The molecule has 0 radical (unpaired) electrons. The molecule has 1 aliphatic rings. The fraction of sp³-hybridized carbons (Fsp3) is 0.692. The van der Waals surface area contributed by atoms with Gasteiger partial charge in [0.15, 0.2) is 5.69 Å². The van der Waals surface area contributed by atoms with Gasteiger partial charge in [-0.2, -0.15) is 13.2 Å². The van der Waals surface area contributed by atoms with Crippen molar-refractivity contribution in [2.24, 2.45) is 5.92 Å². The molecule has 8 heteroatoms. The highest BCUT2D eigenvalue weighted by molar-refractivity contribution is 6.28. The third-order valence-corrected chi connectivity index (χ3v) is 3.77. The van der Waals surface area contributed by atoms with Crippen LogP contribution in [0.2, 0.25) is 5.28 Å². The maximum atomic E-state index is 12.8. The van der Waals surface area contributed by atoms with E-state index in [0.29, 0.717) is 19.1 Å². The molecule has 0 bridgehead atoms. The summed E-state index contributed by atoms with van der Waals surface area (Å²) in [4.78, 5) is 9.03. The second-order valence-electron chi connectivity index (χ2n) is 5.14. The van der Waals surface area contributed by atoms with Gasteiger partial charge in [0.05, 0.1) is 6.61 Å². The summed E-state index contributed by atoms with van der Waals surface area (Å²) in [6, 6.07) is 1.03. The third kappa shape index (κ3) is 4.20. The minimum Gasteiger partial charge on any atom is -0.383 e. The van der Waals surface area contributed by atoms with E-state index in [1.807, 2.05) is 11.8 Å². The first-order valence-corrected chi connectivity index (χ1v) is 7.08. The summed E-state index contributed by atoms with van der Waals surface area (Å²) >= 11 is 5.65. The fourth-order valence-corrected chi connectivity index (χ4v) is 2.43. The molecule has 1 aliphatic carbocycles. The van der Waals surface area contributed by atoms with Crippen molar-refractivity contribution in [3.05, 3.63) is 17.0 Å². The number of alkyl halides is 3. The van der Waals surface area contributed by atoms with Crippen LogP contribution in [0.3, 0.4) is 0 Å². The van der Waals surface area contributed by atoms with Gasteiger partial charge in [-0.15, -0.1) is 0 Å². The summed E-state index contributed by atoms with van der Waals surface area (Å²) in [5.41, 5.74) is -1.03. The van der Waals surface area contributed by atoms with Crippen molar-refractivity contribution >= 4 is 17.4 Å². The first-order chi connectivity index (χ1) is 9.82. The maximum absolute atomic E-state index is 12.8. The molecule has 1 atom stereocenters. The summed E-state index contributed by atoms with van der Waals surface area (Å²) in [5, 5.41) is -0.398. The predicted molar refractivity (Wildman–Crippen MR) is 73.5 cm³/mol. The van der Waals surface area contributed by atoms with Gasteiger partial charge in [0.25, 0.3) is 0 Å². The normalized spacial score (nSPS) is 16.9. The van der Waals surface area contributed by atoms with E-state index in [0.717, 1.165) is 18.9 Å². The smallest absolute Gasteiger partial charge is 0.383 e. The van der Waals surface area contributed by atoms with E-state index < -0.39 is 17.2 Å². The molecule has 1 fully saturated rings. The number of hydrogen-bond acceptors (Lipinski definition) is 4. The minimum absolute atomic E-state index is 0.0900. The number of anilines is 1. The Balaban J connectivity index is 2.31. The topological polar surface area (TPSA) is 38.2 Å². The average Bonchev–Trinajstić information content (AvgIpc) is 3.21. The van der Waals surface area contributed by atoms with Crippen molar-refractivity contribution in [1.82, 2.24) is 9.97 Å². The number of ether oxygens (including phenoxy) is 1. The van der Waals surface area contributed by atoms with Crippen LogP contribution < -0.4 is 4.90 Å². The zero-order chi connectivity index (χ0) is 15.6. The van der Waals surface area contributed by atoms with Crippen molar-refractivity contribution < 1.29 is 17.9 Å². The van der Waals surface area contributed by atoms with Crippen LogP contribution in [0, 0.1) is 5.92 Å². The number of hydrogen-bond donors (Lipinski definition) is 0. The van der Waals surface area contributed by atoms with Gasteiger partial charge >= 0.3 is 6.18 Å². The second kappa shape index (κ2) is 6.36. The van der Waals surface area contributed by atoms with Crippen LogP contribution in [0.1, 0.15) is 25.5 Å². The highest BCUT2D eigenvalue weighted by Gasteiger charge is 2.36. The van der Waals surface area contributed by atoms with Gasteiger partial charge in [-0.1, -0.05) is 0 Å². The van der Waals surface area contributed by atoms with Gasteiger partial charge in [0.1, 0.15) is 5.82 Å². The van der Waals surface area contributed by atoms with Gasteiger partial charge < -0.3 is 9.64 Å². The minimum atomic E-state index is -4.54. The summed E-state index contributed by atoms with van der Waals surface area (Å²) in [7, 11) is 1.55. The molecule has 1 aromatic rings. The van der Waals surface area contributed by atoms with E-state index >= 15 is 0 Å². The Labute approximate surface area is 126 Å². The van der Waals surface area contributed by atoms with Crippen molar-refractivity contribution in [2.45, 2.75) is 32.0 Å². The predicted octanol–water partition coefficient (Wildman–Crippen LogP) is 3.40. The standard InChI is InChI=1S/C13H17ClF3N3O/c1-8(9-3-4-9)20(5-6-21-2)11-7-10(13(15,16)17)18-12(14)19-11/h7-9H,3-6H2,1-2H3. The molecule has 1 heterocycles.